The Morgan fingerprint density at radius 3 is 1.73 bits per heavy atom. The quantitative estimate of drug-likeness (QED) is 0.270. The fourth-order valence-corrected chi connectivity index (χ4v) is 1.56. The fraction of sp³-hybridized carbons (Fsp3) is 0.800. The van der Waals surface area contributed by atoms with Crippen molar-refractivity contribution in [1.82, 2.24) is 0 Å². The molecule has 0 aliphatic carbocycles. The van der Waals surface area contributed by atoms with Crippen molar-refractivity contribution in [2.45, 2.75) is 27.2 Å². The lowest BCUT2D eigenvalue weighted by atomic mass is 9.93. The van der Waals surface area contributed by atoms with Crippen LogP contribution in [0.3, 0.4) is 0 Å². The molecule has 0 radical (unpaired) electrons. The molecule has 0 aliphatic heterocycles. The first-order valence-electron chi connectivity index (χ1n) is 7.21. The summed E-state index contributed by atoms with van der Waals surface area (Å²) in [5.41, 5.74) is -1.20. The second kappa shape index (κ2) is 8.73. The van der Waals surface area contributed by atoms with Gasteiger partial charge in [-0.1, -0.05) is 0 Å². The van der Waals surface area contributed by atoms with Gasteiger partial charge in [-0.3, -0.25) is 14.4 Å². The molecule has 0 saturated carbocycles. The van der Waals surface area contributed by atoms with Crippen LogP contribution in [-0.4, -0.2) is 69.9 Å². The van der Waals surface area contributed by atoms with Crippen LogP contribution in [0.15, 0.2) is 0 Å². The largest absolute Gasteiger partial charge is 0.465 e. The number of quaternary nitrogens is 1. The van der Waals surface area contributed by atoms with Crippen molar-refractivity contribution in [2.75, 3.05) is 47.5 Å². The van der Waals surface area contributed by atoms with Gasteiger partial charge in [-0.05, 0) is 6.92 Å². The summed E-state index contributed by atoms with van der Waals surface area (Å²) in [6, 6.07) is 0. The van der Waals surface area contributed by atoms with Crippen LogP contribution < -0.4 is 0 Å². The predicted molar refractivity (Wildman–Crippen MR) is 79.8 cm³/mol. The average Bonchev–Trinajstić information content (AvgIpc) is 2.37. The van der Waals surface area contributed by atoms with Crippen molar-refractivity contribution in [2.24, 2.45) is 5.41 Å². The number of carbonyl (C=O) groups excluding carboxylic acids is 3. The van der Waals surface area contributed by atoms with Crippen molar-refractivity contribution in [3.8, 4) is 0 Å². The lowest BCUT2D eigenvalue weighted by Gasteiger charge is -2.27. The predicted octanol–water partition coefficient (Wildman–Crippen LogP) is 0.758. The number of carbonyl (C=O) groups is 3. The Morgan fingerprint density at radius 1 is 0.909 bits per heavy atom. The SMILES string of the molecule is CC(=O)OCC(C)(COC(C)=O)C(=O)OCCC[N+](C)(C)C. The van der Waals surface area contributed by atoms with E-state index in [-0.39, 0.29) is 19.8 Å². The molecule has 0 heterocycles. The molecule has 0 aliphatic rings. The van der Waals surface area contributed by atoms with E-state index in [9.17, 15) is 14.4 Å². The topological polar surface area (TPSA) is 78.9 Å². The molecule has 0 saturated heterocycles. The van der Waals surface area contributed by atoms with Crippen LogP contribution in [0.5, 0.6) is 0 Å². The average molecular weight is 318 g/mol. The van der Waals surface area contributed by atoms with Crippen LogP contribution in [0.2, 0.25) is 0 Å². The minimum Gasteiger partial charge on any atom is -0.465 e. The highest BCUT2D eigenvalue weighted by molar-refractivity contribution is 5.78. The summed E-state index contributed by atoms with van der Waals surface area (Å²) in [7, 11) is 6.15. The molecule has 0 aromatic heterocycles. The van der Waals surface area contributed by atoms with Gasteiger partial charge in [0.15, 0.2) is 0 Å². The number of nitrogens with zero attached hydrogens (tertiary/aromatic N) is 1. The number of hydrogen-bond acceptors (Lipinski definition) is 6. The molecule has 128 valence electrons. The van der Waals surface area contributed by atoms with Crippen molar-refractivity contribution in [3.63, 3.8) is 0 Å². The third-order valence-electron chi connectivity index (χ3n) is 2.89. The number of esters is 3. The van der Waals surface area contributed by atoms with Gasteiger partial charge in [0, 0.05) is 20.3 Å². The van der Waals surface area contributed by atoms with Gasteiger partial charge in [-0.2, -0.15) is 0 Å². The highest BCUT2D eigenvalue weighted by atomic mass is 16.6. The molecule has 0 unspecified atom stereocenters. The van der Waals surface area contributed by atoms with E-state index in [0.717, 1.165) is 11.0 Å². The van der Waals surface area contributed by atoms with Gasteiger partial charge in [0.05, 0.1) is 34.3 Å². The van der Waals surface area contributed by atoms with Gasteiger partial charge in [0.2, 0.25) is 0 Å². The maximum Gasteiger partial charge on any atom is 0.318 e. The lowest BCUT2D eigenvalue weighted by Crippen LogP contribution is -2.41. The van der Waals surface area contributed by atoms with Crippen LogP contribution in [0, 0.1) is 5.41 Å². The number of hydrogen-bond donors (Lipinski definition) is 0. The first kappa shape index (κ1) is 20.4. The van der Waals surface area contributed by atoms with Crippen LogP contribution >= 0.6 is 0 Å². The van der Waals surface area contributed by atoms with E-state index in [1.807, 2.05) is 21.1 Å². The maximum atomic E-state index is 12.2. The summed E-state index contributed by atoms with van der Waals surface area (Å²) >= 11 is 0. The van der Waals surface area contributed by atoms with Crippen molar-refractivity contribution < 1.29 is 33.1 Å². The van der Waals surface area contributed by atoms with E-state index in [0.29, 0.717) is 6.42 Å². The van der Waals surface area contributed by atoms with E-state index in [4.69, 9.17) is 14.2 Å². The van der Waals surface area contributed by atoms with Crippen LogP contribution in [0.4, 0.5) is 0 Å². The second-order valence-electron chi connectivity index (χ2n) is 6.62. The zero-order valence-corrected chi connectivity index (χ0v) is 14.4. The highest BCUT2D eigenvalue weighted by Gasteiger charge is 2.38. The second-order valence-corrected chi connectivity index (χ2v) is 6.62. The Hall–Kier alpha value is -1.63. The molecule has 0 aromatic rings. The van der Waals surface area contributed by atoms with Gasteiger partial charge >= 0.3 is 17.9 Å². The summed E-state index contributed by atoms with van der Waals surface area (Å²) in [5, 5.41) is 0. The lowest BCUT2D eigenvalue weighted by molar-refractivity contribution is -0.870. The van der Waals surface area contributed by atoms with E-state index < -0.39 is 23.3 Å². The summed E-state index contributed by atoms with van der Waals surface area (Å²) in [5.74, 6) is -1.56. The zero-order chi connectivity index (χ0) is 17.4. The molecule has 7 nitrogen and oxygen atoms in total. The van der Waals surface area contributed by atoms with Crippen LogP contribution in [-0.2, 0) is 28.6 Å². The fourth-order valence-electron chi connectivity index (χ4n) is 1.56. The molecule has 0 fully saturated rings. The third-order valence-corrected chi connectivity index (χ3v) is 2.89. The van der Waals surface area contributed by atoms with Gasteiger partial charge in [0.25, 0.3) is 0 Å². The van der Waals surface area contributed by atoms with Gasteiger partial charge in [0.1, 0.15) is 18.6 Å². The molecule has 0 bridgehead atoms. The number of ether oxygens (including phenoxy) is 3. The summed E-state index contributed by atoms with van der Waals surface area (Å²) in [6.07, 6.45) is 0.715. The highest BCUT2D eigenvalue weighted by Crippen LogP contribution is 2.20. The molecule has 0 amide bonds. The minimum absolute atomic E-state index is 0.191. The Kier molecular flexibility index (Phi) is 8.08. The van der Waals surface area contributed by atoms with Gasteiger partial charge < -0.3 is 18.7 Å². The van der Waals surface area contributed by atoms with Crippen LogP contribution in [0.25, 0.3) is 0 Å². The van der Waals surface area contributed by atoms with E-state index in [2.05, 4.69) is 0 Å². The Bertz CT molecular complexity index is 381. The molecule has 0 aromatic carbocycles. The standard InChI is InChI=1S/C15H28NO6/c1-12(17)21-10-15(3,11-22-13(2)18)14(19)20-9-7-8-16(4,5)6/h7-11H2,1-6H3/q+1. The van der Waals surface area contributed by atoms with Crippen LogP contribution in [0.1, 0.15) is 27.2 Å². The molecule has 0 N–H and O–H groups in total. The monoisotopic (exact) mass is 318 g/mol. The summed E-state index contributed by atoms with van der Waals surface area (Å²) < 4.78 is 15.8. The molecule has 0 rings (SSSR count). The van der Waals surface area contributed by atoms with Crippen molar-refractivity contribution >= 4 is 17.9 Å². The first-order valence-corrected chi connectivity index (χ1v) is 7.21. The van der Waals surface area contributed by atoms with Gasteiger partial charge in [-0.25, -0.2) is 0 Å². The first-order chi connectivity index (χ1) is 9.96. The van der Waals surface area contributed by atoms with Crippen molar-refractivity contribution in [1.29, 1.82) is 0 Å². The van der Waals surface area contributed by atoms with Gasteiger partial charge in [-0.15, -0.1) is 0 Å². The normalized spacial score (nSPS) is 11.7. The molecular weight excluding hydrogens is 290 g/mol. The Morgan fingerprint density at radius 2 is 1.36 bits per heavy atom. The minimum atomic E-state index is -1.20. The number of rotatable bonds is 9. The summed E-state index contributed by atoms with van der Waals surface area (Å²) in [4.78, 5) is 34.1. The molecule has 0 spiro atoms. The third kappa shape index (κ3) is 9.33. The molecule has 22 heavy (non-hydrogen) atoms. The van der Waals surface area contributed by atoms with E-state index in [1.165, 1.54) is 13.8 Å². The van der Waals surface area contributed by atoms with Crippen molar-refractivity contribution in [3.05, 3.63) is 0 Å². The van der Waals surface area contributed by atoms with E-state index >= 15 is 0 Å². The summed E-state index contributed by atoms with van der Waals surface area (Å²) in [6.45, 7) is 4.79. The Balaban J connectivity index is 4.53. The zero-order valence-electron chi connectivity index (χ0n) is 14.4. The Labute approximate surface area is 132 Å². The maximum absolute atomic E-state index is 12.2. The van der Waals surface area contributed by atoms with E-state index in [1.54, 1.807) is 6.92 Å². The molecular formula is C15H28NO6+. The molecule has 7 heteroatoms. The molecule has 0 atom stereocenters. The smallest absolute Gasteiger partial charge is 0.318 e.